The summed E-state index contributed by atoms with van der Waals surface area (Å²) >= 11 is 0. The first-order valence-corrected chi connectivity index (χ1v) is 6.95. The van der Waals surface area contributed by atoms with Gasteiger partial charge in [0.25, 0.3) is 0 Å². The Morgan fingerprint density at radius 2 is 1.94 bits per heavy atom. The van der Waals surface area contributed by atoms with E-state index in [0.29, 0.717) is 0 Å². The van der Waals surface area contributed by atoms with Gasteiger partial charge in [-0.3, -0.25) is 5.01 Å². The van der Waals surface area contributed by atoms with Crippen molar-refractivity contribution in [2.45, 2.75) is 39.0 Å². The topological polar surface area (TPSA) is 15.3 Å². The van der Waals surface area contributed by atoms with Gasteiger partial charge in [0.15, 0.2) is 0 Å². The lowest BCUT2D eigenvalue weighted by atomic mass is 9.67. The van der Waals surface area contributed by atoms with E-state index < -0.39 is 0 Å². The van der Waals surface area contributed by atoms with Crippen molar-refractivity contribution in [1.82, 2.24) is 10.4 Å². The lowest BCUT2D eigenvalue weighted by Crippen LogP contribution is -2.51. The molecule has 1 aliphatic carbocycles. The van der Waals surface area contributed by atoms with Crippen LogP contribution < -0.4 is 5.43 Å². The smallest absolute Gasteiger partial charge is 0.0637 e. The van der Waals surface area contributed by atoms with Crippen LogP contribution in [0.4, 0.5) is 0 Å². The Hall–Kier alpha value is -1.28. The average molecular weight is 242 g/mol. The molecule has 0 amide bonds. The molecule has 2 aliphatic heterocycles. The summed E-state index contributed by atoms with van der Waals surface area (Å²) in [5, 5.41) is 2.13. The van der Waals surface area contributed by atoms with Gasteiger partial charge in [-0.25, -0.2) is 5.43 Å². The van der Waals surface area contributed by atoms with E-state index >= 15 is 0 Å². The van der Waals surface area contributed by atoms with Crippen molar-refractivity contribution in [3.8, 4) is 0 Å². The maximum atomic E-state index is 4.45. The third-order valence-corrected chi connectivity index (χ3v) is 4.83. The van der Waals surface area contributed by atoms with E-state index in [1.54, 1.807) is 0 Å². The van der Waals surface area contributed by atoms with Gasteiger partial charge >= 0.3 is 0 Å². The van der Waals surface area contributed by atoms with Crippen LogP contribution in [0.2, 0.25) is 0 Å². The number of allylic oxidation sites excluding steroid dienone is 4. The van der Waals surface area contributed by atoms with E-state index in [9.17, 15) is 0 Å². The molecule has 0 aromatic rings. The summed E-state index contributed by atoms with van der Waals surface area (Å²) in [7, 11) is 0. The van der Waals surface area contributed by atoms with Gasteiger partial charge in [-0.05, 0) is 42.6 Å². The number of fused-ring (bicyclic) bond motifs is 1. The van der Waals surface area contributed by atoms with Crippen molar-refractivity contribution >= 4 is 0 Å². The van der Waals surface area contributed by atoms with Crippen molar-refractivity contribution in [3.05, 3.63) is 47.9 Å². The molecule has 0 radical (unpaired) electrons. The molecule has 3 aliphatic rings. The quantitative estimate of drug-likeness (QED) is 0.697. The number of hydrazine groups is 1. The number of nitrogens with zero attached hydrogens (tertiary/aromatic N) is 1. The molecule has 3 rings (SSSR count). The summed E-state index contributed by atoms with van der Waals surface area (Å²) in [5.41, 5.74) is 8.79. The molecule has 1 spiro atoms. The van der Waals surface area contributed by atoms with E-state index in [1.165, 1.54) is 48.9 Å². The third-order valence-electron chi connectivity index (χ3n) is 4.83. The Balaban J connectivity index is 1.99. The lowest BCUT2D eigenvalue weighted by Gasteiger charge is -2.48. The second kappa shape index (κ2) is 4.13. The fraction of sp³-hybridized carbons (Fsp3) is 0.500. The zero-order chi connectivity index (χ0) is 12.8. The van der Waals surface area contributed by atoms with Crippen LogP contribution in [-0.2, 0) is 0 Å². The van der Waals surface area contributed by atoms with Gasteiger partial charge in [-0.1, -0.05) is 32.4 Å². The molecule has 2 heterocycles. The molecule has 1 saturated carbocycles. The van der Waals surface area contributed by atoms with Crippen molar-refractivity contribution in [3.63, 3.8) is 0 Å². The highest BCUT2D eigenvalue weighted by atomic mass is 15.5. The first-order chi connectivity index (χ1) is 8.64. The Kier molecular flexibility index (Phi) is 2.70. The molecule has 2 heteroatoms. The van der Waals surface area contributed by atoms with Crippen LogP contribution in [0, 0.1) is 5.41 Å². The standard InChI is InChI=1S/C16H22N2/c1-12-7-10-18-15(13(12)2)14(3)16(11-17-18)8-5-4-6-9-16/h7,10,17H,1,3-6,8-9,11H2,2H3. The van der Waals surface area contributed by atoms with Crippen LogP contribution in [0.5, 0.6) is 0 Å². The van der Waals surface area contributed by atoms with Gasteiger partial charge in [0.1, 0.15) is 0 Å². The monoisotopic (exact) mass is 242 g/mol. The molecule has 0 aromatic heterocycles. The van der Waals surface area contributed by atoms with Crippen LogP contribution in [0.1, 0.15) is 39.0 Å². The Morgan fingerprint density at radius 3 is 2.67 bits per heavy atom. The molecule has 0 bridgehead atoms. The minimum atomic E-state index is 0.288. The van der Waals surface area contributed by atoms with Crippen LogP contribution in [0.15, 0.2) is 47.9 Å². The summed E-state index contributed by atoms with van der Waals surface area (Å²) in [6.45, 7) is 11.7. The third kappa shape index (κ3) is 1.59. The van der Waals surface area contributed by atoms with E-state index in [-0.39, 0.29) is 5.41 Å². The van der Waals surface area contributed by atoms with Gasteiger partial charge in [-0.15, -0.1) is 0 Å². The lowest BCUT2D eigenvalue weighted by molar-refractivity contribution is 0.149. The number of rotatable bonds is 0. The highest BCUT2D eigenvalue weighted by Crippen LogP contribution is 2.48. The molecule has 0 atom stereocenters. The second-order valence-electron chi connectivity index (χ2n) is 5.84. The van der Waals surface area contributed by atoms with Crippen molar-refractivity contribution in [1.29, 1.82) is 0 Å². The predicted octanol–water partition coefficient (Wildman–Crippen LogP) is 3.67. The molecule has 0 unspecified atom stereocenters. The van der Waals surface area contributed by atoms with Crippen LogP contribution in [-0.4, -0.2) is 11.6 Å². The molecule has 2 fully saturated rings. The fourth-order valence-electron chi connectivity index (χ4n) is 3.50. The molecule has 1 saturated heterocycles. The van der Waals surface area contributed by atoms with E-state index in [0.717, 1.165) is 12.1 Å². The van der Waals surface area contributed by atoms with Gasteiger partial charge in [0, 0.05) is 18.2 Å². The molecule has 0 aromatic carbocycles. The Labute approximate surface area is 110 Å². The second-order valence-corrected chi connectivity index (χ2v) is 5.84. The maximum absolute atomic E-state index is 4.45. The highest BCUT2D eigenvalue weighted by molar-refractivity contribution is 5.51. The average Bonchev–Trinajstić information content (AvgIpc) is 2.39. The normalized spacial score (nSPS) is 26.8. The van der Waals surface area contributed by atoms with Gasteiger partial charge in [0.2, 0.25) is 0 Å². The van der Waals surface area contributed by atoms with Gasteiger partial charge < -0.3 is 0 Å². The number of hydrogen-bond donors (Lipinski definition) is 1. The Morgan fingerprint density at radius 1 is 1.22 bits per heavy atom. The minimum absolute atomic E-state index is 0.288. The first kappa shape index (κ1) is 11.8. The minimum Gasteiger partial charge on any atom is -0.284 e. The molecule has 96 valence electrons. The van der Waals surface area contributed by atoms with E-state index in [1.807, 2.05) is 0 Å². The fourth-order valence-corrected chi connectivity index (χ4v) is 3.50. The maximum Gasteiger partial charge on any atom is 0.0637 e. The molecular formula is C16H22N2. The SMILES string of the molecule is C=C1C=CN2NCC3(CCCCC3)C(=C)C2=C1C. The molecule has 18 heavy (non-hydrogen) atoms. The van der Waals surface area contributed by atoms with Crippen LogP contribution in [0.25, 0.3) is 0 Å². The summed E-state index contributed by atoms with van der Waals surface area (Å²) in [6, 6.07) is 0. The zero-order valence-corrected chi connectivity index (χ0v) is 11.3. The summed E-state index contributed by atoms with van der Waals surface area (Å²) in [6.07, 6.45) is 10.7. The first-order valence-electron chi connectivity index (χ1n) is 6.95. The zero-order valence-electron chi connectivity index (χ0n) is 11.3. The largest absolute Gasteiger partial charge is 0.284 e. The summed E-state index contributed by atoms with van der Waals surface area (Å²) in [5.74, 6) is 0. The predicted molar refractivity (Wildman–Crippen MR) is 75.5 cm³/mol. The van der Waals surface area contributed by atoms with Crippen LogP contribution in [0.3, 0.4) is 0 Å². The number of nitrogens with one attached hydrogen (secondary N) is 1. The number of hydrogen-bond acceptors (Lipinski definition) is 2. The Bertz CT molecular complexity index is 461. The van der Waals surface area contributed by atoms with Crippen LogP contribution >= 0.6 is 0 Å². The molecule has 1 N–H and O–H groups in total. The van der Waals surface area contributed by atoms with E-state index in [4.69, 9.17) is 0 Å². The van der Waals surface area contributed by atoms with Crippen molar-refractivity contribution < 1.29 is 0 Å². The highest BCUT2D eigenvalue weighted by Gasteiger charge is 2.41. The van der Waals surface area contributed by atoms with E-state index in [2.05, 4.69) is 42.8 Å². The van der Waals surface area contributed by atoms with Crippen molar-refractivity contribution in [2.75, 3.05) is 6.54 Å². The van der Waals surface area contributed by atoms with Gasteiger partial charge in [0.05, 0.1) is 5.70 Å². The summed E-state index contributed by atoms with van der Waals surface area (Å²) in [4.78, 5) is 0. The molecular weight excluding hydrogens is 220 g/mol. The molecule has 2 nitrogen and oxygen atoms in total. The summed E-state index contributed by atoms with van der Waals surface area (Å²) < 4.78 is 0. The van der Waals surface area contributed by atoms with Crippen molar-refractivity contribution in [2.24, 2.45) is 5.41 Å². The van der Waals surface area contributed by atoms with Gasteiger partial charge in [-0.2, -0.15) is 0 Å².